The van der Waals surface area contributed by atoms with Crippen LogP contribution in [0.25, 0.3) is 0 Å². The molecule has 0 aliphatic carbocycles. The molecular weight excluding hydrogens is 378 g/mol. The SMILES string of the molecule is CCC/C=C/CN1C(=O)c2ccccc2Sc2cc(Nc3ccccn3)ccc21. The van der Waals surface area contributed by atoms with E-state index in [1.165, 1.54) is 0 Å². The van der Waals surface area contributed by atoms with Gasteiger partial charge in [0.05, 0.1) is 11.3 Å². The molecule has 1 aromatic heterocycles. The molecule has 2 aromatic carbocycles. The Balaban J connectivity index is 1.71. The maximum Gasteiger partial charge on any atom is 0.259 e. The number of aromatic nitrogens is 1. The van der Waals surface area contributed by atoms with Gasteiger partial charge in [0, 0.05) is 28.2 Å². The molecule has 1 N–H and O–H groups in total. The quantitative estimate of drug-likeness (QED) is 0.493. The van der Waals surface area contributed by atoms with Gasteiger partial charge in [-0.05, 0) is 48.9 Å². The summed E-state index contributed by atoms with van der Waals surface area (Å²) >= 11 is 1.63. The van der Waals surface area contributed by atoms with Crippen LogP contribution in [-0.2, 0) is 0 Å². The van der Waals surface area contributed by atoms with Crippen LogP contribution in [0.2, 0.25) is 0 Å². The monoisotopic (exact) mass is 401 g/mol. The Morgan fingerprint density at radius 1 is 1.03 bits per heavy atom. The summed E-state index contributed by atoms with van der Waals surface area (Å²) in [6.45, 7) is 2.72. The zero-order valence-electron chi connectivity index (χ0n) is 16.3. The summed E-state index contributed by atoms with van der Waals surface area (Å²) in [5, 5.41) is 3.34. The summed E-state index contributed by atoms with van der Waals surface area (Å²) in [4.78, 5) is 21.5. The van der Waals surface area contributed by atoms with Crippen LogP contribution in [0.4, 0.5) is 17.2 Å². The molecule has 1 aliphatic heterocycles. The highest BCUT2D eigenvalue weighted by Crippen LogP contribution is 2.42. The maximum atomic E-state index is 13.3. The van der Waals surface area contributed by atoms with Gasteiger partial charge in [-0.3, -0.25) is 4.79 Å². The third-order valence-electron chi connectivity index (χ3n) is 4.68. The van der Waals surface area contributed by atoms with Crippen molar-refractivity contribution in [3.63, 3.8) is 0 Å². The molecular formula is C24H23N3OS. The number of hydrogen-bond donors (Lipinski definition) is 1. The fourth-order valence-corrected chi connectivity index (χ4v) is 4.35. The Hall–Kier alpha value is -3.05. The van der Waals surface area contributed by atoms with Gasteiger partial charge in [0.15, 0.2) is 0 Å². The summed E-state index contributed by atoms with van der Waals surface area (Å²) in [6.07, 6.45) is 8.12. The normalized spacial score (nSPS) is 13.1. The summed E-state index contributed by atoms with van der Waals surface area (Å²) in [5.41, 5.74) is 2.63. The number of carbonyl (C=O) groups is 1. The van der Waals surface area contributed by atoms with Crippen molar-refractivity contribution in [1.29, 1.82) is 0 Å². The van der Waals surface area contributed by atoms with E-state index in [0.717, 1.165) is 45.4 Å². The van der Waals surface area contributed by atoms with E-state index >= 15 is 0 Å². The van der Waals surface area contributed by atoms with Crippen LogP contribution >= 0.6 is 11.8 Å². The zero-order chi connectivity index (χ0) is 20.1. The van der Waals surface area contributed by atoms with Gasteiger partial charge in [-0.25, -0.2) is 4.98 Å². The van der Waals surface area contributed by atoms with Crippen molar-refractivity contribution in [2.45, 2.75) is 29.6 Å². The predicted molar refractivity (Wildman–Crippen MR) is 120 cm³/mol. The Kier molecular flexibility index (Phi) is 5.96. The van der Waals surface area contributed by atoms with Gasteiger partial charge in [-0.1, -0.05) is 55.5 Å². The number of anilines is 3. The average molecular weight is 402 g/mol. The first kappa shape index (κ1) is 19.3. The molecule has 5 heteroatoms. The number of hydrogen-bond acceptors (Lipinski definition) is 4. The second kappa shape index (κ2) is 8.97. The van der Waals surface area contributed by atoms with E-state index in [0.29, 0.717) is 6.54 Å². The molecule has 0 saturated carbocycles. The lowest BCUT2D eigenvalue weighted by atomic mass is 10.1. The highest BCUT2D eigenvalue weighted by atomic mass is 32.2. The van der Waals surface area contributed by atoms with E-state index in [4.69, 9.17) is 0 Å². The minimum atomic E-state index is 0.0402. The predicted octanol–water partition coefficient (Wildman–Crippen LogP) is 6.29. The Morgan fingerprint density at radius 2 is 1.90 bits per heavy atom. The summed E-state index contributed by atoms with van der Waals surface area (Å²) < 4.78 is 0. The van der Waals surface area contributed by atoms with E-state index in [1.54, 1.807) is 18.0 Å². The molecule has 0 fully saturated rings. The number of fused-ring (bicyclic) bond motifs is 2. The molecule has 4 rings (SSSR count). The lowest BCUT2D eigenvalue weighted by Crippen LogP contribution is -2.31. The maximum absolute atomic E-state index is 13.3. The lowest BCUT2D eigenvalue weighted by Gasteiger charge is -2.22. The van der Waals surface area contributed by atoms with Crippen molar-refractivity contribution in [3.8, 4) is 0 Å². The number of amides is 1. The molecule has 0 radical (unpaired) electrons. The van der Waals surface area contributed by atoms with Gasteiger partial charge < -0.3 is 10.2 Å². The number of allylic oxidation sites excluding steroid dienone is 1. The summed E-state index contributed by atoms with van der Waals surface area (Å²) in [7, 11) is 0. The van der Waals surface area contributed by atoms with Crippen LogP contribution in [0.3, 0.4) is 0 Å². The van der Waals surface area contributed by atoms with Crippen molar-refractivity contribution in [2.24, 2.45) is 0 Å². The van der Waals surface area contributed by atoms with Crippen LogP contribution in [0.15, 0.2) is 88.8 Å². The fourth-order valence-electron chi connectivity index (χ4n) is 3.23. The topological polar surface area (TPSA) is 45.2 Å². The molecule has 1 amide bonds. The molecule has 2 heterocycles. The van der Waals surface area contributed by atoms with Crippen molar-refractivity contribution >= 4 is 34.9 Å². The fraction of sp³-hybridized carbons (Fsp3) is 0.167. The minimum absolute atomic E-state index is 0.0402. The van der Waals surface area contributed by atoms with Gasteiger partial charge in [-0.2, -0.15) is 0 Å². The molecule has 0 spiro atoms. The van der Waals surface area contributed by atoms with E-state index in [9.17, 15) is 4.79 Å². The molecule has 3 aromatic rings. The zero-order valence-corrected chi connectivity index (χ0v) is 17.2. The van der Waals surface area contributed by atoms with Gasteiger partial charge in [-0.15, -0.1) is 0 Å². The first-order chi connectivity index (χ1) is 14.3. The van der Waals surface area contributed by atoms with Crippen LogP contribution in [0.5, 0.6) is 0 Å². The largest absolute Gasteiger partial charge is 0.340 e. The van der Waals surface area contributed by atoms with Crippen molar-refractivity contribution < 1.29 is 4.79 Å². The highest BCUT2D eigenvalue weighted by molar-refractivity contribution is 7.99. The summed E-state index contributed by atoms with van der Waals surface area (Å²) in [6, 6.07) is 19.7. The Bertz CT molecular complexity index is 1030. The van der Waals surface area contributed by atoms with Crippen LogP contribution in [-0.4, -0.2) is 17.4 Å². The van der Waals surface area contributed by atoms with Gasteiger partial charge in [0.25, 0.3) is 5.91 Å². The first-order valence-corrected chi connectivity index (χ1v) is 10.6. The third-order valence-corrected chi connectivity index (χ3v) is 5.80. The molecule has 0 atom stereocenters. The average Bonchev–Trinajstić information content (AvgIpc) is 2.86. The molecule has 1 aliphatic rings. The molecule has 0 bridgehead atoms. The molecule has 29 heavy (non-hydrogen) atoms. The van der Waals surface area contributed by atoms with Crippen LogP contribution in [0, 0.1) is 0 Å². The molecule has 0 unspecified atom stereocenters. The van der Waals surface area contributed by atoms with E-state index in [-0.39, 0.29) is 5.91 Å². The van der Waals surface area contributed by atoms with Crippen molar-refractivity contribution in [1.82, 2.24) is 4.98 Å². The third kappa shape index (κ3) is 4.35. The van der Waals surface area contributed by atoms with Gasteiger partial charge in [0.1, 0.15) is 5.82 Å². The number of rotatable bonds is 6. The number of benzene rings is 2. The number of nitrogens with one attached hydrogen (secondary N) is 1. The minimum Gasteiger partial charge on any atom is -0.340 e. The second-order valence-electron chi connectivity index (χ2n) is 6.80. The second-order valence-corrected chi connectivity index (χ2v) is 7.88. The molecule has 146 valence electrons. The number of carbonyl (C=O) groups excluding carboxylic acids is 1. The van der Waals surface area contributed by atoms with Crippen molar-refractivity contribution in [3.05, 3.63) is 84.6 Å². The first-order valence-electron chi connectivity index (χ1n) is 9.82. The van der Waals surface area contributed by atoms with E-state index in [2.05, 4.69) is 35.4 Å². The smallest absolute Gasteiger partial charge is 0.259 e. The molecule has 0 saturated heterocycles. The number of nitrogens with zero attached hydrogens (tertiary/aromatic N) is 2. The van der Waals surface area contributed by atoms with Crippen LogP contribution in [0.1, 0.15) is 30.1 Å². The Labute approximate surface area is 175 Å². The van der Waals surface area contributed by atoms with Gasteiger partial charge in [0.2, 0.25) is 0 Å². The standard InChI is InChI=1S/C24H23N3OS/c1-2-3-4-9-16-27-20-14-13-18(26-23-12-7-8-15-25-23)17-22(20)29-21-11-6-5-10-19(21)24(27)28/h4-15,17H,2-3,16H2,1H3,(H,25,26)/b9-4+. The highest BCUT2D eigenvalue weighted by Gasteiger charge is 2.26. The number of pyridine rings is 1. The molecule has 4 nitrogen and oxygen atoms in total. The van der Waals surface area contributed by atoms with Crippen molar-refractivity contribution in [2.75, 3.05) is 16.8 Å². The van der Waals surface area contributed by atoms with E-state index < -0.39 is 0 Å². The number of unbranched alkanes of at least 4 members (excludes halogenated alkanes) is 1. The van der Waals surface area contributed by atoms with Crippen LogP contribution < -0.4 is 10.2 Å². The Morgan fingerprint density at radius 3 is 2.72 bits per heavy atom. The summed E-state index contributed by atoms with van der Waals surface area (Å²) in [5.74, 6) is 0.834. The van der Waals surface area contributed by atoms with E-state index in [1.807, 2.05) is 59.5 Å². The lowest BCUT2D eigenvalue weighted by molar-refractivity contribution is 0.0987. The van der Waals surface area contributed by atoms with Gasteiger partial charge >= 0.3 is 0 Å².